The van der Waals surface area contributed by atoms with Gasteiger partial charge in [0.1, 0.15) is 22.9 Å². The number of ether oxygens (including phenoxy) is 2. The minimum atomic E-state index is -1.08. The Bertz CT molecular complexity index is 765. The van der Waals surface area contributed by atoms with Gasteiger partial charge in [0.15, 0.2) is 0 Å². The van der Waals surface area contributed by atoms with Crippen LogP contribution in [-0.4, -0.2) is 47.6 Å². The first kappa shape index (κ1) is 18.7. The van der Waals surface area contributed by atoms with Crippen LogP contribution in [-0.2, 0) is 11.3 Å². The lowest BCUT2D eigenvalue weighted by molar-refractivity contribution is -0.137. The molecule has 0 saturated carbocycles. The highest BCUT2D eigenvalue weighted by Crippen LogP contribution is 2.25. The zero-order valence-corrected chi connectivity index (χ0v) is 15.3. The Labute approximate surface area is 149 Å². The van der Waals surface area contributed by atoms with E-state index in [0.29, 0.717) is 27.6 Å². The summed E-state index contributed by atoms with van der Waals surface area (Å²) in [7, 11) is 3.06. The molecule has 1 aromatic heterocycles. The molecule has 1 aromatic carbocycles. The Balaban J connectivity index is 2.33. The maximum Gasteiger partial charge on any atom is 0.323 e. The number of carbonyl (C=O) groups excluding carboxylic acids is 1. The zero-order chi connectivity index (χ0) is 18.6. The van der Waals surface area contributed by atoms with Gasteiger partial charge in [-0.3, -0.25) is 9.59 Å². The van der Waals surface area contributed by atoms with Gasteiger partial charge < -0.3 is 19.5 Å². The molecule has 7 nitrogen and oxygen atoms in total. The van der Waals surface area contributed by atoms with Crippen LogP contribution in [0.2, 0.25) is 0 Å². The quantitative estimate of drug-likeness (QED) is 0.812. The molecule has 0 atom stereocenters. The molecule has 25 heavy (non-hydrogen) atoms. The number of methoxy groups -OCH3 is 2. The molecule has 0 unspecified atom stereocenters. The fourth-order valence-electron chi connectivity index (χ4n) is 2.41. The van der Waals surface area contributed by atoms with E-state index in [4.69, 9.17) is 9.47 Å². The van der Waals surface area contributed by atoms with E-state index < -0.39 is 12.5 Å². The van der Waals surface area contributed by atoms with Crippen molar-refractivity contribution in [1.82, 2.24) is 9.88 Å². The van der Waals surface area contributed by atoms with E-state index in [-0.39, 0.29) is 12.5 Å². The molecule has 1 heterocycles. The largest absolute Gasteiger partial charge is 0.497 e. The lowest BCUT2D eigenvalue weighted by Crippen LogP contribution is -2.35. The maximum absolute atomic E-state index is 12.8. The van der Waals surface area contributed by atoms with Gasteiger partial charge in [-0.1, -0.05) is 0 Å². The van der Waals surface area contributed by atoms with E-state index in [1.165, 1.54) is 30.5 Å². The number of rotatable bonds is 7. The molecule has 8 heteroatoms. The van der Waals surface area contributed by atoms with E-state index in [2.05, 4.69) is 4.98 Å². The SMILES string of the molecule is COc1cc(CN(CC(=O)O)C(=O)c2sc(C)nc2C)cc(OC)c1. The van der Waals surface area contributed by atoms with E-state index in [0.717, 1.165) is 5.01 Å². The van der Waals surface area contributed by atoms with Gasteiger partial charge in [0, 0.05) is 12.6 Å². The number of hydrogen-bond acceptors (Lipinski definition) is 6. The van der Waals surface area contributed by atoms with Gasteiger partial charge in [0.05, 0.1) is 24.9 Å². The average Bonchev–Trinajstić information content (AvgIpc) is 2.91. The van der Waals surface area contributed by atoms with Crippen molar-refractivity contribution in [2.75, 3.05) is 20.8 Å². The highest BCUT2D eigenvalue weighted by Gasteiger charge is 2.23. The van der Waals surface area contributed by atoms with Crippen LogP contribution in [0.15, 0.2) is 18.2 Å². The van der Waals surface area contributed by atoms with Crippen molar-refractivity contribution < 1.29 is 24.2 Å². The Morgan fingerprint density at radius 3 is 2.20 bits per heavy atom. The first-order valence-corrected chi connectivity index (χ1v) is 8.32. The summed E-state index contributed by atoms with van der Waals surface area (Å²) in [4.78, 5) is 30.0. The first-order chi connectivity index (χ1) is 11.8. The van der Waals surface area contributed by atoms with Crippen LogP contribution in [0, 0.1) is 13.8 Å². The van der Waals surface area contributed by atoms with Crippen LogP contribution in [0.25, 0.3) is 0 Å². The predicted octanol–water partition coefficient (Wildman–Crippen LogP) is 2.50. The molecule has 1 N–H and O–H groups in total. The lowest BCUT2D eigenvalue weighted by Gasteiger charge is -2.21. The molecule has 0 spiro atoms. The molecule has 0 aliphatic rings. The van der Waals surface area contributed by atoms with Gasteiger partial charge in [0.25, 0.3) is 5.91 Å². The minimum Gasteiger partial charge on any atom is -0.497 e. The number of carboxylic acid groups (broad SMARTS) is 1. The van der Waals surface area contributed by atoms with Crippen molar-refractivity contribution in [1.29, 1.82) is 0 Å². The second-order valence-corrected chi connectivity index (χ2v) is 6.63. The average molecular weight is 364 g/mol. The normalized spacial score (nSPS) is 10.4. The van der Waals surface area contributed by atoms with Crippen molar-refractivity contribution in [3.63, 3.8) is 0 Å². The summed E-state index contributed by atoms with van der Waals surface area (Å²) < 4.78 is 10.4. The van der Waals surface area contributed by atoms with Crippen LogP contribution >= 0.6 is 11.3 Å². The summed E-state index contributed by atoms with van der Waals surface area (Å²) in [6.07, 6.45) is 0. The molecule has 0 aliphatic heterocycles. The minimum absolute atomic E-state index is 0.120. The van der Waals surface area contributed by atoms with Gasteiger partial charge in [-0.25, -0.2) is 4.98 Å². The fraction of sp³-hybridized carbons (Fsp3) is 0.353. The number of aromatic nitrogens is 1. The molecule has 2 aromatic rings. The van der Waals surface area contributed by atoms with Gasteiger partial charge in [-0.15, -0.1) is 11.3 Å². The predicted molar refractivity (Wildman–Crippen MR) is 93.5 cm³/mol. The summed E-state index contributed by atoms with van der Waals surface area (Å²) >= 11 is 1.26. The summed E-state index contributed by atoms with van der Waals surface area (Å²) in [6, 6.07) is 5.20. The maximum atomic E-state index is 12.8. The van der Waals surface area contributed by atoms with Gasteiger partial charge in [-0.05, 0) is 31.5 Å². The molecular weight excluding hydrogens is 344 g/mol. The molecule has 134 valence electrons. The molecule has 2 rings (SSSR count). The number of aliphatic carboxylic acids is 1. The topological polar surface area (TPSA) is 89.0 Å². The number of nitrogens with zero attached hydrogens (tertiary/aromatic N) is 2. The van der Waals surface area contributed by atoms with E-state index >= 15 is 0 Å². The van der Waals surface area contributed by atoms with Crippen LogP contribution in [0.5, 0.6) is 11.5 Å². The van der Waals surface area contributed by atoms with Crippen LogP contribution in [0.4, 0.5) is 0 Å². The van der Waals surface area contributed by atoms with Crippen molar-refractivity contribution in [2.45, 2.75) is 20.4 Å². The van der Waals surface area contributed by atoms with Crippen LogP contribution in [0.1, 0.15) is 25.9 Å². The lowest BCUT2D eigenvalue weighted by atomic mass is 10.1. The smallest absolute Gasteiger partial charge is 0.323 e. The molecule has 1 amide bonds. The number of thiazole rings is 1. The third-order valence-corrected chi connectivity index (χ3v) is 4.56. The number of aryl methyl sites for hydroxylation is 2. The van der Waals surface area contributed by atoms with Crippen molar-refractivity contribution in [2.24, 2.45) is 0 Å². The third kappa shape index (κ3) is 4.69. The summed E-state index contributed by atoms with van der Waals surface area (Å²) in [5, 5.41) is 9.94. The fourth-order valence-corrected chi connectivity index (χ4v) is 3.30. The second-order valence-electron chi connectivity index (χ2n) is 5.42. The summed E-state index contributed by atoms with van der Waals surface area (Å²) in [5.41, 5.74) is 1.32. The van der Waals surface area contributed by atoms with E-state index in [1.807, 2.05) is 6.92 Å². The third-order valence-electron chi connectivity index (χ3n) is 3.50. The number of benzene rings is 1. The molecule has 0 bridgehead atoms. The van der Waals surface area contributed by atoms with E-state index in [1.54, 1.807) is 25.1 Å². The summed E-state index contributed by atoms with van der Waals surface area (Å²) in [5.74, 6) is -0.293. The monoisotopic (exact) mass is 364 g/mol. The van der Waals surface area contributed by atoms with Crippen LogP contribution < -0.4 is 9.47 Å². The molecular formula is C17H20N2O5S. The number of amides is 1. The van der Waals surface area contributed by atoms with Crippen molar-refractivity contribution in [3.05, 3.63) is 39.3 Å². The Morgan fingerprint density at radius 1 is 1.16 bits per heavy atom. The number of hydrogen-bond donors (Lipinski definition) is 1. The number of carboxylic acids is 1. The Hall–Kier alpha value is -2.61. The van der Waals surface area contributed by atoms with Gasteiger partial charge in [0.2, 0.25) is 0 Å². The zero-order valence-electron chi connectivity index (χ0n) is 14.5. The van der Waals surface area contributed by atoms with Crippen LogP contribution in [0.3, 0.4) is 0 Å². The standard InChI is InChI=1S/C17H20N2O5S/c1-10-16(25-11(2)18-10)17(22)19(9-15(20)21)8-12-5-13(23-3)7-14(6-12)24-4/h5-7H,8-9H2,1-4H3,(H,20,21). The highest BCUT2D eigenvalue weighted by molar-refractivity contribution is 7.13. The molecule has 0 fully saturated rings. The molecule has 0 saturated heterocycles. The van der Waals surface area contributed by atoms with Gasteiger partial charge >= 0.3 is 5.97 Å². The molecule has 0 aliphatic carbocycles. The first-order valence-electron chi connectivity index (χ1n) is 7.51. The van der Waals surface area contributed by atoms with E-state index in [9.17, 15) is 14.7 Å². The Morgan fingerprint density at radius 2 is 1.76 bits per heavy atom. The number of carbonyl (C=O) groups is 2. The van der Waals surface area contributed by atoms with Crippen molar-refractivity contribution in [3.8, 4) is 11.5 Å². The summed E-state index contributed by atoms with van der Waals surface area (Å²) in [6.45, 7) is 3.26. The second kappa shape index (κ2) is 7.98. The van der Waals surface area contributed by atoms with Gasteiger partial charge in [-0.2, -0.15) is 0 Å². The van der Waals surface area contributed by atoms with Crippen molar-refractivity contribution >= 4 is 23.2 Å². The Kier molecular flexibility index (Phi) is 5.97. The molecule has 0 radical (unpaired) electrons. The highest BCUT2D eigenvalue weighted by atomic mass is 32.1.